The fourth-order valence-corrected chi connectivity index (χ4v) is 2.25. The fraction of sp³-hybridized carbons (Fsp3) is 0.462. The fourth-order valence-electron chi connectivity index (χ4n) is 2.25. The average Bonchev–Trinajstić information content (AvgIpc) is 2.81. The summed E-state index contributed by atoms with van der Waals surface area (Å²) in [6, 6.07) is 2.25. The van der Waals surface area contributed by atoms with Crippen LogP contribution < -0.4 is 5.32 Å². The van der Waals surface area contributed by atoms with Crippen molar-refractivity contribution in [1.82, 2.24) is 14.3 Å². The normalized spacial score (nSPS) is 10.8. The molecule has 0 atom stereocenters. The van der Waals surface area contributed by atoms with Gasteiger partial charge in [0.1, 0.15) is 0 Å². The zero-order chi connectivity index (χ0) is 12.4. The molecule has 0 aliphatic heterocycles. The largest absolute Gasteiger partial charge is 0.378 e. The van der Waals surface area contributed by atoms with Gasteiger partial charge in [-0.2, -0.15) is 5.10 Å². The first-order chi connectivity index (χ1) is 8.11. The van der Waals surface area contributed by atoms with Crippen molar-refractivity contribution < 1.29 is 0 Å². The summed E-state index contributed by atoms with van der Waals surface area (Å²) in [5, 5.41) is 7.53. The molecule has 2 aromatic heterocycles. The molecule has 0 saturated carbocycles. The second-order valence-electron chi connectivity index (χ2n) is 4.40. The molecule has 4 nitrogen and oxygen atoms in total. The molecule has 0 spiro atoms. The highest BCUT2D eigenvalue weighted by Crippen LogP contribution is 2.16. The van der Waals surface area contributed by atoms with Gasteiger partial charge in [-0.1, -0.05) is 0 Å². The van der Waals surface area contributed by atoms with Crippen LogP contribution in [0.25, 0.3) is 0 Å². The van der Waals surface area contributed by atoms with Gasteiger partial charge in [-0.3, -0.25) is 4.68 Å². The van der Waals surface area contributed by atoms with Crippen molar-refractivity contribution in [2.75, 3.05) is 5.32 Å². The van der Waals surface area contributed by atoms with Gasteiger partial charge in [-0.25, -0.2) is 0 Å². The maximum Gasteiger partial charge on any atom is 0.0729 e. The van der Waals surface area contributed by atoms with Gasteiger partial charge >= 0.3 is 0 Å². The smallest absolute Gasteiger partial charge is 0.0729 e. The molecule has 0 aromatic carbocycles. The Bertz CT molecular complexity index is 507. The van der Waals surface area contributed by atoms with E-state index < -0.39 is 0 Å². The van der Waals surface area contributed by atoms with Crippen LogP contribution in [-0.4, -0.2) is 14.3 Å². The first-order valence-electron chi connectivity index (χ1n) is 6.00. The summed E-state index contributed by atoms with van der Waals surface area (Å²) in [5.41, 5.74) is 5.09. The lowest BCUT2D eigenvalue weighted by atomic mass is 10.2. The van der Waals surface area contributed by atoms with Gasteiger partial charge in [-0.15, -0.1) is 0 Å². The summed E-state index contributed by atoms with van der Waals surface area (Å²) in [6.45, 7) is 8.40. The lowest BCUT2D eigenvalue weighted by Gasteiger charge is -2.06. The molecule has 0 unspecified atom stereocenters. The number of nitrogens with zero attached hydrogens (tertiary/aromatic N) is 3. The van der Waals surface area contributed by atoms with E-state index in [-0.39, 0.29) is 0 Å². The highest BCUT2D eigenvalue weighted by molar-refractivity contribution is 5.40. The van der Waals surface area contributed by atoms with Gasteiger partial charge in [0.2, 0.25) is 0 Å². The number of hydrogen-bond donors (Lipinski definition) is 1. The predicted octanol–water partition coefficient (Wildman–Crippen LogP) is 2.47. The summed E-state index contributed by atoms with van der Waals surface area (Å²) >= 11 is 0. The quantitative estimate of drug-likeness (QED) is 0.878. The van der Waals surface area contributed by atoms with Gasteiger partial charge in [0.15, 0.2) is 0 Å². The van der Waals surface area contributed by atoms with E-state index in [1.54, 1.807) is 4.68 Å². The Labute approximate surface area is 102 Å². The van der Waals surface area contributed by atoms with Crippen LogP contribution in [0.3, 0.4) is 0 Å². The summed E-state index contributed by atoms with van der Waals surface area (Å²) < 4.78 is 4.14. The molecule has 0 radical (unpaired) electrons. The second kappa shape index (κ2) is 4.65. The van der Waals surface area contributed by atoms with Crippen LogP contribution in [0.15, 0.2) is 18.5 Å². The van der Waals surface area contributed by atoms with E-state index in [4.69, 9.17) is 0 Å². The zero-order valence-corrected chi connectivity index (χ0v) is 11.0. The van der Waals surface area contributed by atoms with Crippen LogP contribution >= 0.6 is 0 Å². The van der Waals surface area contributed by atoms with Crippen LogP contribution in [0, 0.1) is 13.8 Å². The average molecular weight is 232 g/mol. The van der Waals surface area contributed by atoms with Crippen LogP contribution in [0.2, 0.25) is 0 Å². The molecule has 2 rings (SSSR count). The van der Waals surface area contributed by atoms with Gasteiger partial charge < -0.3 is 9.88 Å². The van der Waals surface area contributed by atoms with Crippen LogP contribution in [0.4, 0.5) is 5.69 Å². The van der Waals surface area contributed by atoms with Crippen LogP contribution in [-0.2, 0) is 20.1 Å². The molecule has 1 N–H and O–H groups in total. The molecule has 0 aliphatic rings. The molecule has 2 aromatic rings. The third-order valence-corrected chi connectivity index (χ3v) is 3.18. The lowest BCUT2D eigenvalue weighted by Crippen LogP contribution is -2.02. The maximum absolute atomic E-state index is 4.14. The molecule has 2 heterocycles. The van der Waals surface area contributed by atoms with E-state index in [0.717, 1.165) is 18.8 Å². The molecule has 0 amide bonds. The zero-order valence-electron chi connectivity index (χ0n) is 11.0. The first-order valence-corrected chi connectivity index (χ1v) is 6.00. The van der Waals surface area contributed by atoms with Gasteiger partial charge in [0, 0.05) is 37.7 Å². The lowest BCUT2D eigenvalue weighted by molar-refractivity contribution is 0.715. The van der Waals surface area contributed by atoms with Crippen molar-refractivity contribution >= 4 is 5.69 Å². The third kappa shape index (κ3) is 2.35. The summed E-state index contributed by atoms with van der Waals surface area (Å²) in [4.78, 5) is 0. The summed E-state index contributed by atoms with van der Waals surface area (Å²) in [7, 11) is 1.92. The minimum Gasteiger partial charge on any atom is -0.378 e. The Morgan fingerprint density at radius 2 is 2.12 bits per heavy atom. The minimum atomic E-state index is 0.853. The van der Waals surface area contributed by atoms with Crippen molar-refractivity contribution in [3.05, 3.63) is 35.4 Å². The van der Waals surface area contributed by atoms with Gasteiger partial charge in [0.05, 0.1) is 11.9 Å². The first kappa shape index (κ1) is 11.8. The van der Waals surface area contributed by atoms with E-state index in [2.05, 4.69) is 41.8 Å². The van der Waals surface area contributed by atoms with Crippen molar-refractivity contribution in [1.29, 1.82) is 0 Å². The molecule has 0 saturated heterocycles. The molecular formula is C13H20N4. The van der Waals surface area contributed by atoms with E-state index in [1.165, 1.54) is 17.0 Å². The Hall–Kier alpha value is -1.71. The molecule has 4 heteroatoms. The number of nitrogens with one attached hydrogen (secondary N) is 1. The Balaban J connectivity index is 2.09. The number of aryl methyl sites for hydroxylation is 2. The molecule has 0 aliphatic carbocycles. The standard InChI is InChI=1S/C13H20N4/c1-5-17-10(2)6-12(11(17)3)7-14-13-8-15-16(4)9-13/h6,8-9,14H,5,7H2,1-4H3. The van der Waals surface area contributed by atoms with E-state index in [9.17, 15) is 0 Å². The maximum atomic E-state index is 4.14. The van der Waals surface area contributed by atoms with Crippen molar-refractivity contribution in [2.45, 2.75) is 33.9 Å². The van der Waals surface area contributed by atoms with Crippen molar-refractivity contribution in [3.63, 3.8) is 0 Å². The van der Waals surface area contributed by atoms with Crippen LogP contribution in [0.1, 0.15) is 23.9 Å². The highest BCUT2D eigenvalue weighted by Gasteiger charge is 2.07. The summed E-state index contributed by atoms with van der Waals surface area (Å²) in [6.07, 6.45) is 3.83. The van der Waals surface area contributed by atoms with Gasteiger partial charge in [0.25, 0.3) is 0 Å². The molecular weight excluding hydrogens is 212 g/mol. The Kier molecular flexibility index (Phi) is 3.22. The topological polar surface area (TPSA) is 34.8 Å². The number of hydrogen-bond acceptors (Lipinski definition) is 2. The predicted molar refractivity (Wildman–Crippen MR) is 70.1 cm³/mol. The highest BCUT2D eigenvalue weighted by atomic mass is 15.3. The monoisotopic (exact) mass is 232 g/mol. The number of aromatic nitrogens is 3. The van der Waals surface area contributed by atoms with Gasteiger partial charge in [-0.05, 0) is 32.4 Å². The molecule has 92 valence electrons. The second-order valence-corrected chi connectivity index (χ2v) is 4.40. The van der Waals surface area contributed by atoms with Crippen LogP contribution in [0.5, 0.6) is 0 Å². The van der Waals surface area contributed by atoms with Crippen molar-refractivity contribution in [2.24, 2.45) is 7.05 Å². The van der Waals surface area contributed by atoms with Crippen molar-refractivity contribution in [3.8, 4) is 0 Å². The minimum absolute atomic E-state index is 0.853. The third-order valence-electron chi connectivity index (χ3n) is 3.18. The molecule has 17 heavy (non-hydrogen) atoms. The SMILES string of the molecule is CCn1c(C)cc(CNc2cnn(C)c2)c1C. The van der Waals surface area contributed by atoms with E-state index in [0.29, 0.717) is 0 Å². The van der Waals surface area contributed by atoms with E-state index >= 15 is 0 Å². The number of rotatable bonds is 4. The number of anilines is 1. The summed E-state index contributed by atoms with van der Waals surface area (Å²) in [5.74, 6) is 0. The van der Waals surface area contributed by atoms with E-state index in [1.807, 2.05) is 19.4 Å². The Morgan fingerprint density at radius 3 is 2.65 bits per heavy atom. The molecule has 0 bridgehead atoms. The Morgan fingerprint density at radius 1 is 1.35 bits per heavy atom. The molecule has 0 fully saturated rings.